The van der Waals surface area contributed by atoms with Crippen LogP contribution in [-0.2, 0) is 0 Å². The van der Waals surface area contributed by atoms with Crippen LogP contribution in [0, 0.1) is 11.7 Å². The van der Waals surface area contributed by atoms with E-state index >= 15 is 0 Å². The van der Waals surface area contributed by atoms with E-state index in [0.717, 1.165) is 22.3 Å². The second-order valence-corrected chi connectivity index (χ2v) is 4.67. The number of aromatic nitrogens is 3. The summed E-state index contributed by atoms with van der Waals surface area (Å²) in [5.74, 6) is 0. The van der Waals surface area contributed by atoms with Crippen LogP contribution in [-0.4, -0.2) is 14.5 Å². The lowest BCUT2D eigenvalue weighted by Gasteiger charge is -2.09. The summed E-state index contributed by atoms with van der Waals surface area (Å²) in [4.78, 5) is 18.4. The van der Waals surface area contributed by atoms with Crippen LogP contribution >= 0.6 is 12.2 Å². The van der Waals surface area contributed by atoms with Gasteiger partial charge in [-0.2, -0.15) is 0 Å². The predicted molar refractivity (Wildman–Crippen MR) is 77.3 cm³/mol. The van der Waals surface area contributed by atoms with Gasteiger partial charge in [0.25, 0.3) is 5.56 Å². The molecule has 0 saturated heterocycles. The van der Waals surface area contributed by atoms with Crippen LogP contribution in [0.25, 0.3) is 16.6 Å². The molecule has 0 spiro atoms. The van der Waals surface area contributed by atoms with Crippen molar-refractivity contribution in [3.05, 3.63) is 63.4 Å². The Labute approximate surface area is 114 Å². The first-order chi connectivity index (χ1) is 9.15. The molecule has 0 radical (unpaired) electrons. The number of nitrogens with one attached hydrogen (secondary N) is 1. The van der Waals surface area contributed by atoms with Gasteiger partial charge in [0, 0.05) is 23.3 Å². The van der Waals surface area contributed by atoms with E-state index in [0.29, 0.717) is 4.77 Å². The number of nitrogens with zero attached hydrogens (tertiary/aromatic N) is 2. The molecule has 0 saturated carbocycles. The van der Waals surface area contributed by atoms with Crippen LogP contribution in [0.5, 0.6) is 0 Å². The van der Waals surface area contributed by atoms with E-state index in [9.17, 15) is 4.79 Å². The molecule has 0 bridgehead atoms. The molecule has 0 amide bonds. The van der Waals surface area contributed by atoms with E-state index in [1.54, 1.807) is 10.8 Å². The van der Waals surface area contributed by atoms with Crippen molar-refractivity contribution < 1.29 is 0 Å². The van der Waals surface area contributed by atoms with Crippen molar-refractivity contribution in [2.24, 2.45) is 0 Å². The Kier molecular flexibility index (Phi) is 2.76. The summed E-state index contributed by atoms with van der Waals surface area (Å²) in [5.41, 5.74) is 2.47. The van der Waals surface area contributed by atoms with Gasteiger partial charge >= 0.3 is 0 Å². The van der Waals surface area contributed by atoms with Crippen LogP contribution in [0.4, 0.5) is 0 Å². The summed E-state index contributed by atoms with van der Waals surface area (Å²) < 4.78 is 2.12. The number of fused-ring (bicyclic) bond motifs is 1. The van der Waals surface area contributed by atoms with Gasteiger partial charge < -0.3 is 0 Å². The zero-order chi connectivity index (χ0) is 13.4. The van der Waals surface area contributed by atoms with Gasteiger partial charge in [-0.1, -0.05) is 18.2 Å². The first-order valence-electron chi connectivity index (χ1n) is 5.84. The summed E-state index contributed by atoms with van der Waals surface area (Å²) in [6.07, 6.45) is 1.67. The summed E-state index contributed by atoms with van der Waals surface area (Å²) in [6.45, 7) is 1.95. The Bertz CT molecular complexity index is 879. The molecule has 1 N–H and O–H groups in total. The maximum absolute atomic E-state index is 11.2. The summed E-state index contributed by atoms with van der Waals surface area (Å²) in [7, 11) is 0. The fourth-order valence-electron chi connectivity index (χ4n) is 2.03. The van der Waals surface area contributed by atoms with Crippen molar-refractivity contribution in [3.63, 3.8) is 0 Å². The number of hydrogen-bond donors (Lipinski definition) is 1. The van der Waals surface area contributed by atoms with E-state index in [-0.39, 0.29) is 5.56 Å². The third-order valence-electron chi connectivity index (χ3n) is 2.92. The highest BCUT2D eigenvalue weighted by Gasteiger charge is 2.05. The number of aryl methyl sites for hydroxylation is 1. The third-order valence-corrected chi connectivity index (χ3v) is 3.22. The SMILES string of the molecule is Cc1ccc2cccc(-n3ccc(=O)[nH]c3=S)c2n1. The Balaban J connectivity index is 2.39. The number of aromatic amines is 1. The lowest BCUT2D eigenvalue weighted by Crippen LogP contribution is -2.10. The Morgan fingerprint density at radius 1 is 1.21 bits per heavy atom. The molecule has 0 unspecified atom stereocenters. The average molecular weight is 269 g/mol. The number of benzene rings is 1. The molecule has 0 aliphatic heterocycles. The van der Waals surface area contributed by atoms with Crippen LogP contribution < -0.4 is 5.56 Å². The fourth-order valence-corrected chi connectivity index (χ4v) is 2.29. The molecule has 0 aliphatic rings. The van der Waals surface area contributed by atoms with Crippen molar-refractivity contribution in [3.8, 4) is 5.69 Å². The average Bonchev–Trinajstić information content (AvgIpc) is 2.38. The molecule has 4 nitrogen and oxygen atoms in total. The van der Waals surface area contributed by atoms with E-state index < -0.39 is 0 Å². The molecule has 19 heavy (non-hydrogen) atoms. The Morgan fingerprint density at radius 3 is 2.84 bits per heavy atom. The number of rotatable bonds is 1. The molecule has 5 heteroatoms. The number of pyridine rings is 1. The van der Waals surface area contributed by atoms with Crippen LogP contribution in [0.2, 0.25) is 0 Å². The standard InChI is InChI=1S/C14H11N3OS/c1-9-5-6-10-3-2-4-11(13(10)15-9)17-8-7-12(18)16-14(17)19/h2-8H,1H3,(H,16,18,19). The van der Waals surface area contributed by atoms with Crippen molar-refractivity contribution >= 4 is 23.1 Å². The summed E-state index contributed by atoms with van der Waals surface area (Å²) >= 11 is 5.20. The van der Waals surface area contributed by atoms with Gasteiger partial charge in [0.05, 0.1) is 11.2 Å². The van der Waals surface area contributed by atoms with E-state index in [4.69, 9.17) is 12.2 Å². The topological polar surface area (TPSA) is 50.7 Å². The largest absolute Gasteiger partial charge is 0.299 e. The second-order valence-electron chi connectivity index (χ2n) is 4.28. The van der Waals surface area contributed by atoms with Crippen molar-refractivity contribution in [1.82, 2.24) is 14.5 Å². The van der Waals surface area contributed by atoms with Crippen molar-refractivity contribution in [1.29, 1.82) is 0 Å². The predicted octanol–water partition coefficient (Wildman–Crippen LogP) is 2.75. The highest BCUT2D eigenvalue weighted by molar-refractivity contribution is 7.71. The minimum Gasteiger partial charge on any atom is -0.299 e. The quantitative estimate of drug-likeness (QED) is 0.691. The third kappa shape index (κ3) is 2.08. The van der Waals surface area contributed by atoms with Crippen LogP contribution in [0.3, 0.4) is 0 Å². The van der Waals surface area contributed by atoms with Gasteiger partial charge in [0.15, 0.2) is 4.77 Å². The number of para-hydroxylation sites is 1. The molecule has 0 aliphatic carbocycles. The fraction of sp³-hybridized carbons (Fsp3) is 0.0714. The molecule has 1 aromatic carbocycles. The van der Waals surface area contributed by atoms with Gasteiger partial charge in [-0.3, -0.25) is 19.3 Å². The Hall–Kier alpha value is -2.27. The van der Waals surface area contributed by atoms with Gasteiger partial charge in [-0.15, -0.1) is 0 Å². The minimum absolute atomic E-state index is 0.203. The Morgan fingerprint density at radius 2 is 2.05 bits per heavy atom. The molecular weight excluding hydrogens is 258 g/mol. The van der Waals surface area contributed by atoms with Crippen molar-refractivity contribution in [2.75, 3.05) is 0 Å². The zero-order valence-corrected chi connectivity index (χ0v) is 11.1. The van der Waals surface area contributed by atoms with Crippen LogP contribution in [0.1, 0.15) is 5.69 Å². The number of hydrogen-bond acceptors (Lipinski definition) is 3. The van der Waals surface area contributed by atoms with E-state index in [1.165, 1.54) is 6.07 Å². The monoisotopic (exact) mass is 269 g/mol. The molecular formula is C14H11N3OS. The maximum Gasteiger partial charge on any atom is 0.251 e. The molecule has 3 aromatic rings. The maximum atomic E-state index is 11.2. The van der Waals surface area contributed by atoms with Gasteiger partial charge in [0.2, 0.25) is 0 Å². The molecule has 0 fully saturated rings. The van der Waals surface area contributed by atoms with Gasteiger partial charge in [0.1, 0.15) is 0 Å². The van der Waals surface area contributed by atoms with E-state index in [2.05, 4.69) is 9.97 Å². The number of H-pyrrole nitrogens is 1. The molecule has 94 valence electrons. The normalized spacial score (nSPS) is 10.8. The van der Waals surface area contributed by atoms with Crippen LogP contribution in [0.15, 0.2) is 47.4 Å². The highest BCUT2D eigenvalue weighted by Crippen LogP contribution is 2.20. The minimum atomic E-state index is -0.203. The first-order valence-corrected chi connectivity index (χ1v) is 6.25. The lowest BCUT2D eigenvalue weighted by molar-refractivity contribution is 0.940. The summed E-state index contributed by atoms with van der Waals surface area (Å²) in [6, 6.07) is 11.3. The molecule has 3 rings (SSSR count). The zero-order valence-electron chi connectivity index (χ0n) is 10.3. The second kappa shape index (κ2) is 4.44. The molecule has 0 atom stereocenters. The highest BCUT2D eigenvalue weighted by atomic mass is 32.1. The lowest BCUT2D eigenvalue weighted by atomic mass is 10.1. The van der Waals surface area contributed by atoms with Gasteiger partial charge in [-0.25, -0.2) is 0 Å². The van der Waals surface area contributed by atoms with Crippen molar-refractivity contribution in [2.45, 2.75) is 6.92 Å². The summed E-state index contributed by atoms with van der Waals surface area (Å²) in [5, 5.41) is 1.04. The molecule has 2 aromatic heterocycles. The molecule has 2 heterocycles. The smallest absolute Gasteiger partial charge is 0.251 e. The first kappa shape index (κ1) is 11.8. The van der Waals surface area contributed by atoms with Gasteiger partial charge in [-0.05, 0) is 31.3 Å². The van der Waals surface area contributed by atoms with E-state index in [1.807, 2.05) is 37.3 Å².